The van der Waals surface area contributed by atoms with Crippen LogP contribution in [0.25, 0.3) is 0 Å². The zero-order valence-electron chi connectivity index (χ0n) is 19.5. The average Bonchev–Trinajstić information content (AvgIpc) is 2.70. The minimum absolute atomic E-state index is 0.170. The van der Waals surface area contributed by atoms with Gasteiger partial charge in [-0.3, -0.25) is 9.59 Å². The molecule has 0 fully saturated rings. The van der Waals surface area contributed by atoms with Crippen LogP contribution in [-0.4, -0.2) is 11.6 Å². The largest absolute Gasteiger partial charge is 0.299 e. The average molecular weight is 395 g/mol. The molecule has 0 amide bonds. The molecule has 0 aromatic rings. The normalized spacial score (nSPS) is 11.3. The van der Waals surface area contributed by atoms with E-state index in [2.05, 4.69) is 13.8 Å². The molecule has 0 aromatic heterocycles. The molecule has 2 heteroatoms. The Morgan fingerprint density at radius 1 is 0.464 bits per heavy atom. The van der Waals surface area contributed by atoms with Crippen LogP contribution in [0.2, 0.25) is 0 Å². The zero-order valence-corrected chi connectivity index (χ0v) is 19.5. The highest BCUT2D eigenvalue weighted by Crippen LogP contribution is 2.15. The first-order valence-corrected chi connectivity index (χ1v) is 12.7. The van der Waals surface area contributed by atoms with Gasteiger partial charge in [0.1, 0.15) is 11.6 Å². The number of Topliss-reactive ketones (excluding diaryl/α,β-unsaturated/α-hetero) is 2. The molecule has 0 bridgehead atoms. The molecule has 0 spiro atoms. The number of rotatable bonds is 22. The van der Waals surface area contributed by atoms with Crippen molar-refractivity contribution in [3.63, 3.8) is 0 Å². The van der Waals surface area contributed by atoms with Crippen LogP contribution in [-0.2, 0) is 9.59 Å². The van der Waals surface area contributed by atoms with Gasteiger partial charge in [-0.25, -0.2) is 0 Å². The van der Waals surface area contributed by atoms with Crippen LogP contribution in [0.15, 0.2) is 0 Å². The van der Waals surface area contributed by atoms with E-state index in [9.17, 15) is 9.59 Å². The summed E-state index contributed by atoms with van der Waals surface area (Å²) in [5, 5.41) is 0. The summed E-state index contributed by atoms with van der Waals surface area (Å²) < 4.78 is 0. The fraction of sp³-hybridized carbons (Fsp3) is 0.923. The van der Waals surface area contributed by atoms with Gasteiger partial charge in [0, 0.05) is 12.8 Å². The van der Waals surface area contributed by atoms with Gasteiger partial charge in [-0.1, -0.05) is 117 Å². The number of hydrogen-bond acceptors (Lipinski definition) is 2. The third kappa shape index (κ3) is 17.4. The maximum atomic E-state index is 12.2. The fourth-order valence-electron chi connectivity index (χ4n) is 3.83. The minimum atomic E-state index is -0.372. The Hall–Kier alpha value is -0.660. The molecule has 0 N–H and O–H groups in total. The Morgan fingerprint density at radius 2 is 0.714 bits per heavy atom. The summed E-state index contributed by atoms with van der Waals surface area (Å²) >= 11 is 0. The predicted octanol–water partition coefficient (Wildman–Crippen LogP) is 8.60. The molecule has 0 aliphatic carbocycles. The van der Waals surface area contributed by atoms with E-state index < -0.39 is 0 Å². The highest BCUT2D eigenvalue weighted by atomic mass is 16.1. The van der Waals surface area contributed by atoms with Crippen molar-refractivity contribution in [3.8, 4) is 0 Å². The lowest BCUT2D eigenvalue weighted by Crippen LogP contribution is -2.20. The molecule has 0 rings (SSSR count). The monoisotopic (exact) mass is 394 g/mol. The van der Waals surface area contributed by atoms with Gasteiger partial charge in [-0.05, 0) is 19.8 Å². The van der Waals surface area contributed by atoms with E-state index in [0.717, 1.165) is 25.7 Å². The Bertz CT molecular complexity index is 327. The fourth-order valence-corrected chi connectivity index (χ4v) is 3.83. The molecule has 0 unspecified atom stereocenters. The van der Waals surface area contributed by atoms with E-state index in [1.54, 1.807) is 0 Å². The quantitative estimate of drug-likeness (QED) is 0.136. The molecular weight excluding hydrogens is 344 g/mol. The molecule has 2 nitrogen and oxygen atoms in total. The van der Waals surface area contributed by atoms with Crippen molar-refractivity contribution in [2.75, 3.05) is 0 Å². The van der Waals surface area contributed by atoms with Crippen LogP contribution in [0, 0.1) is 5.92 Å². The Morgan fingerprint density at radius 3 is 1.00 bits per heavy atom. The lowest BCUT2D eigenvalue weighted by Gasteiger charge is -2.09. The number of hydrogen-bond donors (Lipinski definition) is 0. The second kappa shape index (κ2) is 21.1. The molecule has 0 saturated carbocycles. The van der Waals surface area contributed by atoms with Crippen molar-refractivity contribution in [2.24, 2.45) is 5.92 Å². The third-order valence-electron chi connectivity index (χ3n) is 6.02. The number of carbonyl (C=O) groups is 2. The topological polar surface area (TPSA) is 34.1 Å². The summed E-state index contributed by atoms with van der Waals surface area (Å²) in [5.41, 5.74) is 0. The minimum Gasteiger partial charge on any atom is -0.299 e. The van der Waals surface area contributed by atoms with Crippen molar-refractivity contribution in [1.82, 2.24) is 0 Å². The first-order chi connectivity index (χ1) is 13.6. The second-order valence-corrected chi connectivity index (χ2v) is 8.81. The van der Waals surface area contributed by atoms with Gasteiger partial charge in [0.05, 0.1) is 5.92 Å². The lowest BCUT2D eigenvalue weighted by atomic mass is 9.93. The van der Waals surface area contributed by atoms with E-state index in [4.69, 9.17) is 0 Å². The van der Waals surface area contributed by atoms with Crippen LogP contribution in [0.3, 0.4) is 0 Å². The van der Waals surface area contributed by atoms with E-state index in [1.807, 2.05) is 6.92 Å². The van der Waals surface area contributed by atoms with Gasteiger partial charge in [-0.15, -0.1) is 0 Å². The maximum Gasteiger partial charge on any atom is 0.143 e. The Kier molecular flexibility index (Phi) is 20.6. The van der Waals surface area contributed by atoms with Crippen LogP contribution >= 0.6 is 0 Å². The summed E-state index contributed by atoms with van der Waals surface area (Å²) in [6.07, 6.45) is 23.9. The van der Waals surface area contributed by atoms with E-state index in [1.165, 1.54) is 89.9 Å². The molecule has 0 saturated heterocycles. The number of ketones is 2. The van der Waals surface area contributed by atoms with Crippen LogP contribution in [0.5, 0.6) is 0 Å². The SMILES string of the molecule is CCCCCCCCCCCC(=O)C(C)C(=O)CCCCCCCCCCC. The van der Waals surface area contributed by atoms with Crippen molar-refractivity contribution in [1.29, 1.82) is 0 Å². The summed E-state index contributed by atoms with van der Waals surface area (Å²) in [5.74, 6) is -0.0316. The Labute approximate surface area is 176 Å². The zero-order chi connectivity index (χ0) is 20.9. The van der Waals surface area contributed by atoms with Crippen molar-refractivity contribution in [2.45, 2.75) is 149 Å². The van der Waals surface area contributed by atoms with Crippen LogP contribution < -0.4 is 0 Å². The van der Waals surface area contributed by atoms with E-state index in [0.29, 0.717) is 12.8 Å². The van der Waals surface area contributed by atoms with Crippen molar-refractivity contribution >= 4 is 11.6 Å². The first kappa shape index (κ1) is 27.3. The molecule has 0 atom stereocenters. The van der Waals surface area contributed by atoms with Crippen molar-refractivity contribution in [3.05, 3.63) is 0 Å². The molecule has 166 valence electrons. The van der Waals surface area contributed by atoms with Crippen LogP contribution in [0.4, 0.5) is 0 Å². The van der Waals surface area contributed by atoms with E-state index >= 15 is 0 Å². The summed E-state index contributed by atoms with van der Waals surface area (Å²) in [7, 11) is 0. The third-order valence-corrected chi connectivity index (χ3v) is 6.02. The highest BCUT2D eigenvalue weighted by molar-refractivity contribution is 6.01. The highest BCUT2D eigenvalue weighted by Gasteiger charge is 2.19. The van der Waals surface area contributed by atoms with Crippen LogP contribution in [0.1, 0.15) is 149 Å². The summed E-state index contributed by atoms with van der Waals surface area (Å²) in [6.45, 7) is 6.32. The predicted molar refractivity (Wildman–Crippen MR) is 123 cm³/mol. The number of unbranched alkanes of at least 4 members (excludes halogenated alkanes) is 16. The lowest BCUT2D eigenvalue weighted by molar-refractivity contribution is -0.132. The first-order valence-electron chi connectivity index (χ1n) is 12.7. The maximum absolute atomic E-state index is 12.2. The van der Waals surface area contributed by atoms with Gasteiger partial charge < -0.3 is 0 Å². The summed E-state index contributed by atoms with van der Waals surface area (Å²) in [4.78, 5) is 24.5. The molecule has 0 radical (unpaired) electrons. The molecule has 0 aliphatic heterocycles. The second-order valence-electron chi connectivity index (χ2n) is 8.81. The standard InChI is InChI=1S/C26H50O2/c1-4-6-8-10-12-14-16-18-20-22-25(27)24(3)26(28)23-21-19-17-15-13-11-9-7-5-2/h24H,4-23H2,1-3H3. The van der Waals surface area contributed by atoms with Gasteiger partial charge in [0.2, 0.25) is 0 Å². The smallest absolute Gasteiger partial charge is 0.143 e. The molecule has 0 aromatic carbocycles. The Balaban J connectivity index is 3.52. The molecular formula is C26H50O2. The van der Waals surface area contributed by atoms with Crippen molar-refractivity contribution < 1.29 is 9.59 Å². The van der Waals surface area contributed by atoms with Gasteiger partial charge in [0.25, 0.3) is 0 Å². The van der Waals surface area contributed by atoms with Gasteiger partial charge >= 0.3 is 0 Å². The summed E-state index contributed by atoms with van der Waals surface area (Å²) in [6, 6.07) is 0. The van der Waals surface area contributed by atoms with Gasteiger partial charge in [0.15, 0.2) is 0 Å². The molecule has 0 aliphatic rings. The number of carbonyl (C=O) groups excluding carboxylic acids is 2. The molecule has 0 heterocycles. The van der Waals surface area contributed by atoms with Gasteiger partial charge in [-0.2, -0.15) is 0 Å². The van der Waals surface area contributed by atoms with E-state index in [-0.39, 0.29) is 17.5 Å². The molecule has 28 heavy (non-hydrogen) atoms.